The highest BCUT2D eigenvalue weighted by atomic mass is 32.2. The molecule has 0 radical (unpaired) electrons. The molecule has 2 aliphatic rings. The number of hydrogen-bond acceptors (Lipinski definition) is 3. The molecule has 2 N–H and O–H groups in total. The van der Waals surface area contributed by atoms with Crippen LogP contribution >= 0.6 is 11.8 Å². The van der Waals surface area contributed by atoms with Gasteiger partial charge in [-0.2, -0.15) is 11.8 Å². The highest BCUT2D eigenvalue weighted by Crippen LogP contribution is 2.43. The lowest BCUT2D eigenvalue weighted by atomic mass is 9.71. The summed E-state index contributed by atoms with van der Waals surface area (Å²) in [6.45, 7) is 6.97. The molecule has 5 heteroatoms. The molecule has 16 heavy (non-hydrogen) atoms. The number of hydrogen-bond donors (Lipinski definition) is 2. The number of carbonyl (C=O) groups is 1. The average Bonchev–Trinajstić information content (AvgIpc) is 2.51. The van der Waals surface area contributed by atoms with E-state index in [1.54, 1.807) is 0 Å². The molecule has 0 aromatic rings. The third-order valence-electron chi connectivity index (χ3n) is 3.61. The van der Waals surface area contributed by atoms with Crippen LogP contribution in [0.15, 0.2) is 4.99 Å². The maximum Gasteiger partial charge on any atom is 0.253 e. The van der Waals surface area contributed by atoms with Gasteiger partial charge < -0.3 is 5.32 Å². The van der Waals surface area contributed by atoms with Gasteiger partial charge in [0.05, 0.1) is 0 Å². The molecule has 0 bridgehead atoms. The van der Waals surface area contributed by atoms with Crippen molar-refractivity contribution in [2.24, 2.45) is 10.4 Å². The van der Waals surface area contributed by atoms with Crippen molar-refractivity contribution in [3.8, 4) is 0 Å². The zero-order valence-corrected chi connectivity index (χ0v) is 10.9. The van der Waals surface area contributed by atoms with Crippen LogP contribution in [0.1, 0.15) is 27.2 Å². The maximum atomic E-state index is 12.2. The van der Waals surface area contributed by atoms with Gasteiger partial charge in [-0.1, -0.05) is 13.8 Å². The molecular formula is C11H19N3OS. The minimum Gasteiger partial charge on any atom is -0.340 e. The molecule has 1 amide bonds. The first-order chi connectivity index (χ1) is 7.52. The molecule has 2 heterocycles. The maximum absolute atomic E-state index is 12.2. The van der Waals surface area contributed by atoms with Crippen molar-refractivity contribution in [3.63, 3.8) is 0 Å². The second-order valence-electron chi connectivity index (χ2n) is 4.99. The normalized spacial score (nSPS) is 35.2. The van der Waals surface area contributed by atoms with Gasteiger partial charge in [0, 0.05) is 12.3 Å². The molecule has 0 aromatic carbocycles. The lowest BCUT2D eigenvalue weighted by molar-refractivity contribution is -0.127. The first-order valence-corrected chi connectivity index (χ1v) is 6.89. The summed E-state index contributed by atoms with van der Waals surface area (Å²) in [4.78, 5) is 16.4. The van der Waals surface area contributed by atoms with Gasteiger partial charge in [-0.05, 0) is 24.5 Å². The summed E-state index contributed by atoms with van der Waals surface area (Å²) in [6.07, 6.45) is 1.05. The zero-order chi connectivity index (χ0) is 11.8. The topological polar surface area (TPSA) is 53.5 Å². The number of nitrogens with zero attached hydrogens (tertiary/aromatic N) is 1. The van der Waals surface area contributed by atoms with E-state index in [0.717, 1.165) is 17.9 Å². The summed E-state index contributed by atoms with van der Waals surface area (Å²) in [7, 11) is 0. The summed E-state index contributed by atoms with van der Waals surface area (Å²) >= 11 is 1.84. The largest absolute Gasteiger partial charge is 0.340 e. The Hall–Kier alpha value is -0.710. The summed E-state index contributed by atoms with van der Waals surface area (Å²) in [5.41, 5.74) is -0.489. The van der Waals surface area contributed by atoms with Crippen LogP contribution < -0.4 is 10.6 Å². The van der Waals surface area contributed by atoms with E-state index in [9.17, 15) is 4.79 Å². The fourth-order valence-corrected chi connectivity index (χ4v) is 3.98. The molecule has 0 saturated carbocycles. The molecule has 1 atom stereocenters. The van der Waals surface area contributed by atoms with E-state index in [1.807, 2.05) is 18.7 Å². The van der Waals surface area contributed by atoms with Gasteiger partial charge in [0.15, 0.2) is 5.96 Å². The minimum atomic E-state index is -0.468. The monoisotopic (exact) mass is 241 g/mol. The summed E-state index contributed by atoms with van der Waals surface area (Å²) in [5, 5.41) is 6.17. The first kappa shape index (κ1) is 11.8. The number of aliphatic imine (C=N–C) groups is 1. The molecule has 1 unspecified atom stereocenters. The standard InChI is InChI=1S/C11H19N3OS/c1-4-12-9-13-8(15)11(14-9)7-16-6-5-10(11,2)3/h4-7H2,1-3H3,(H2,12,13,14,15). The van der Waals surface area contributed by atoms with Gasteiger partial charge in [-0.3, -0.25) is 15.1 Å². The van der Waals surface area contributed by atoms with E-state index in [-0.39, 0.29) is 11.3 Å². The van der Waals surface area contributed by atoms with E-state index in [1.165, 1.54) is 0 Å². The Morgan fingerprint density at radius 3 is 2.88 bits per heavy atom. The van der Waals surface area contributed by atoms with Gasteiger partial charge >= 0.3 is 0 Å². The van der Waals surface area contributed by atoms with Crippen LogP contribution in [0.4, 0.5) is 0 Å². The first-order valence-electron chi connectivity index (χ1n) is 5.74. The predicted molar refractivity (Wildman–Crippen MR) is 67.7 cm³/mol. The van der Waals surface area contributed by atoms with Crippen molar-refractivity contribution in [1.29, 1.82) is 0 Å². The van der Waals surface area contributed by atoms with Crippen LogP contribution in [0.5, 0.6) is 0 Å². The Kier molecular flexibility index (Phi) is 2.90. The van der Waals surface area contributed by atoms with Crippen LogP contribution in [0, 0.1) is 5.41 Å². The average molecular weight is 241 g/mol. The van der Waals surface area contributed by atoms with Gasteiger partial charge in [0.1, 0.15) is 5.54 Å². The van der Waals surface area contributed by atoms with Crippen molar-refractivity contribution < 1.29 is 4.79 Å². The van der Waals surface area contributed by atoms with Crippen LogP contribution in [-0.2, 0) is 4.79 Å². The fourth-order valence-electron chi connectivity index (χ4n) is 2.28. The van der Waals surface area contributed by atoms with Crippen molar-refractivity contribution in [3.05, 3.63) is 0 Å². The Balaban J connectivity index is 2.30. The van der Waals surface area contributed by atoms with Gasteiger partial charge in [0.25, 0.3) is 5.91 Å². The van der Waals surface area contributed by atoms with Crippen molar-refractivity contribution >= 4 is 23.6 Å². The van der Waals surface area contributed by atoms with Crippen molar-refractivity contribution in [2.75, 3.05) is 18.1 Å². The van der Waals surface area contributed by atoms with Crippen LogP contribution in [0.2, 0.25) is 0 Å². The van der Waals surface area contributed by atoms with Crippen LogP contribution in [0.3, 0.4) is 0 Å². The van der Waals surface area contributed by atoms with E-state index in [4.69, 9.17) is 0 Å². The Bertz CT molecular complexity index is 340. The Labute approximate surface area is 101 Å². The Morgan fingerprint density at radius 2 is 2.25 bits per heavy atom. The van der Waals surface area contributed by atoms with E-state index >= 15 is 0 Å². The molecule has 0 aliphatic carbocycles. The number of carbonyl (C=O) groups excluding carboxylic acids is 1. The molecule has 1 spiro atoms. The number of nitrogens with one attached hydrogen (secondary N) is 2. The van der Waals surface area contributed by atoms with Gasteiger partial charge in [-0.15, -0.1) is 0 Å². The summed E-state index contributed by atoms with van der Waals surface area (Å²) in [6, 6.07) is 0. The second-order valence-corrected chi connectivity index (χ2v) is 6.10. The Morgan fingerprint density at radius 1 is 1.50 bits per heavy atom. The van der Waals surface area contributed by atoms with Gasteiger partial charge in [0.2, 0.25) is 0 Å². The minimum absolute atomic E-state index is 0.0205. The quantitative estimate of drug-likeness (QED) is 0.719. The molecule has 90 valence electrons. The highest BCUT2D eigenvalue weighted by molar-refractivity contribution is 7.99. The number of thioether (sulfide) groups is 1. The van der Waals surface area contributed by atoms with E-state index in [0.29, 0.717) is 12.5 Å². The van der Waals surface area contributed by atoms with E-state index in [2.05, 4.69) is 29.5 Å². The van der Waals surface area contributed by atoms with E-state index < -0.39 is 5.54 Å². The lowest BCUT2D eigenvalue weighted by Gasteiger charge is -2.45. The molecular weight excluding hydrogens is 222 g/mol. The zero-order valence-electron chi connectivity index (χ0n) is 10.1. The summed E-state index contributed by atoms with van der Waals surface area (Å²) < 4.78 is 0. The summed E-state index contributed by atoms with van der Waals surface area (Å²) in [5.74, 6) is 2.68. The lowest BCUT2D eigenvalue weighted by Crippen LogP contribution is -2.61. The molecule has 2 saturated heterocycles. The molecule has 2 fully saturated rings. The van der Waals surface area contributed by atoms with Crippen LogP contribution in [-0.4, -0.2) is 35.5 Å². The molecule has 0 aromatic heterocycles. The predicted octanol–water partition coefficient (Wildman–Crippen LogP) is 0.984. The number of rotatable bonds is 1. The van der Waals surface area contributed by atoms with Crippen LogP contribution in [0.25, 0.3) is 0 Å². The molecule has 4 nitrogen and oxygen atoms in total. The highest BCUT2D eigenvalue weighted by Gasteiger charge is 2.56. The number of amides is 1. The smallest absolute Gasteiger partial charge is 0.253 e. The third-order valence-corrected chi connectivity index (χ3v) is 4.74. The molecule has 2 rings (SSSR count). The van der Waals surface area contributed by atoms with Gasteiger partial charge in [-0.25, -0.2) is 0 Å². The SMILES string of the molecule is CCN=C1NC(=O)C2(CSCCC2(C)C)N1. The third kappa shape index (κ3) is 1.61. The van der Waals surface area contributed by atoms with Crippen molar-refractivity contribution in [1.82, 2.24) is 10.6 Å². The number of guanidine groups is 1. The second kappa shape index (κ2) is 3.95. The molecule has 2 aliphatic heterocycles. The fraction of sp³-hybridized carbons (Fsp3) is 0.818. The van der Waals surface area contributed by atoms with Crippen molar-refractivity contribution in [2.45, 2.75) is 32.7 Å².